The molecule has 0 spiro atoms. The van der Waals surface area contributed by atoms with Crippen molar-refractivity contribution in [2.24, 2.45) is 0 Å². The molecule has 0 atom stereocenters. The van der Waals surface area contributed by atoms with E-state index >= 15 is 0 Å². The van der Waals surface area contributed by atoms with E-state index in [0.29, 0.717) is 33.3 Å². The van der Waals surface area contributed by atoms with E-state index in [-0.39, 0.29) is 16.2 Å². The summed E-state index contributed by atoms with van der Waals surface area (Å²) in [5, 5.41) is 0.383. The summed E-state index contributed by atoms with van der Waals surface area (Å²) in [6.45, 7) is 1.81. The van der Waals surface area contributed by atoms with E-state index in [9.17, 15) is 9.59 Å². The number of benzene rings is 1. The van der Waals surface area contributed by atoms with Gasteiger partial charge in [-0.1, -0.05) is 41.9 Å². The maximum absolute atomic E-state index is 13.3. The Labute approximate surface area is 153 Å². The number of nitrogens with one attached hydrogen (secondary N) is 2. The molecule has 2 N–H and O–H groups in total. The summed E-state index contributed by atoms with van der Waals surface area (Å²) in [7, 11) is 0. The van der Waals surface area contributed by atoms with E-state index in [0.717, 1.165) is 5.56 Å². The van der Waals surface area contributed by atoms with E-state index in [1.54, 1.807) is 19.1 Å². The maximum atomic E-state index is 13.3. The van der Waals surface area contributed by atoms with Crippen LogP contribution in [0.3, 0.4) is 0 Å². The average Bonchev–Trinajstić information content (AvgIpc) is 2.61. The molecule has 26 heavy (non-hydrogen) atoms. The van der Waals surface area contributed by atoms with Crippen molar-refractivity contribution in [3.8, 4) is 22.4 Å². The minimum Gasteiger partial charge on any atom is -0.347 e. The van der Waals surface area contributed by atoms with Crippen LogP contribution in [0.25, 0.3) is 33.4 Å². The third-order valence-corrected chi connectivity index (χ3v) is 4.38. The molecule has 128 valence electrons. The molecule has 0 amide bonds. The molecule has 0 aliphatic carbocycles. The molecule has 3 heterocycles. The second-order valence-electron chi connectivity index (χ2n) is 5.98. The van der Waals surface area contributed by atoms with Crippen molar-refractivity contribution >= 4 is 22.6 Å². The fraction of sp³-hybridized carbons (Fsp3) is 0.0500. The highest BCUT2D eigenvalue weighted by Gasteiger charge is 2.18. The van der Waals surface area contributed by atoms with Crippen molar-refractivity contribution in [2.75, 3.05) is 0 Å². The Bertz CT molecular complexity index is 1220. The van der Waals surface area contributed by atoms with Crippen LogP contribution in [0.4, 0.5) is 0 Å². The van der Waals surface area contributed by atoms with Gasteiger partial charge in [-0.15, -0.1) is 0 Å². The van der Waals surface area contributed by atoms with Crippen molar-refractivity contribution in [3.05, 3.63) is 86.0 Å². The van der Waals surface area contributed by atoms with E-state index in [1.165, 1.54) is 12.3 Å². The van der Waals surface area contributed by atoms with Crippen LogP contribution in [-0.4, -0.2) is 15.0 Å². The Morgan fingerprint density at radius 1 is 1.00 bits per heavy atom. The third-order valence-electron chi connectivity index (χ3n) is 4.19. The molecule has 0 aliphatic heterocycles. The highest BCUT2D eigenvalue weighted by atomic mass is 35.5. The number of aromatic nitrogens is 3. The molecular weight excluding hydrogens is 350 g/mol. The lowest BCUT2D eigenvalue weighted by Gasteiger charge is -2.12. The van der Waals surface area contributed by atoms with Crippen LogP contribution < -0.4 is 10.9 Å². The molecule has 0 aliphatic rings. The fourth-order valence-electron chi connectivity index (χ4n) is 3.10. The van der Waals surface area contributed by atoms with Crippen molar-refractivity contribution in [2.45, 2.75) is 6.92 Å². The second kappa shape index (κ2) is 6.28. The molecule has 0 saturated heterocycles. The smallest absolute Gasteiger partial charge is 0.203 e. The van der Waals surface area contributed by atoms with Gasteiger partial charge in [0, 0.05) is 18.0 Å². The Hall–Kier alpha value is -3.18. The van der Waals surface area contributed by atoms with Crippen LogP contribution in [0.5, 0.6) is 0 Å². The minimum atomic E-state index is -0.346. The topological polar surface area (TPSA) is 78.6 Å². The number of halogens is 1. The van der Waals surface area contributed by atoms with Crippen LogP contribution in [0.2, 0.25) is 5.15 Å². The quantitative estimate of drug-likeness (QED) is 0.530. The van der Waals surface area contributed by atoms with Crippen LogP contribution in [0.1, 0.15) is 5.69 Å². The Balaban J connectivity index is 2.19. The summed E-state index contributed by atoms with van der Waals surface area (Å²) in [6.07, 6.45) is 1.52. The first-order chi connectivity index (χ1) is 12.5. The predicted octanol–water partition coefficient (Wildman–Crippen LogP) is 3.91. The normalized spacial score (nSPS) is 11.0. The van der Waals surface area contributed by atoms with Gasteiger partial charge in [-0.3, -0.25) is 9.59 Å². The predicted molar refractivity (Wildman–Crippen MR) is 104 cm³/mol. The van der Waals surface area contributed by atoms with E-state index in [2.05, 4.69) is 15.0 Å². The molecule has 4 rings (SSSR count). The van der Waals surface area contributed by atoms with Crippen LogP contribution >= 0.6 is 11.6 Å². The van der Waals surface area contributed by atoms with Crippen molar-refractivity contribution in [3.63, 3.8) is 0 Å². The van der Waals surface area contributed by atoms with Gasteiger partial charge in [0.05, 0.1) is 11.3 Å². The van der Waals surface area contributed by atoms with Gasteiger partial charge in [0.15, 0.2) is 5.43 Å². The molecule has 5 nitrogen and oxygen atoms in total. The number of rotatable bonds is 2. The van der Waals surface area contributed by atoms with Gasteiger partial charge in [-0.05, 0) is 30.2 Å². The minimum absolute atomic E-state index is 0.0905. The number of H-pyrrole nitrogens is 2. The zero-order valence-corrected chi connectivity index (χ0v) is 14.6. The molecular formula is C20H14ClN3O2. The first-order valence-corrected chi connectivity index (χ1v) is 8.40. The van der Waals surface area contributed by atoms with E-state index in [1.807, 2.05) is 30.3 Å². The number of nitrogens with zero attached hydrogens (tertiary/aromatic N) is 1. The fourth-order valence-corrected chi connectivity index (χ4v) is 3.35. The highest BCUT2D eigenvalue weighted by molar-refractivity contribution is 6.29. The Morgan fingerprint density at radius 2 is 1.77 bits per heavy atom. The molecule has 0 saturated carbocycles. The first-order valence-electron chi connectivity index (χ1n) is 8.02. The Morgan fingerprint density at radius 3 is 2.50 bits per heavy atom. The monoisotopic (exact) mass is 363 g/mol. The van der Waals surface area contributed by atoms with Crippen LogP contribution in [-0.2, 0) is 0 Å². The lowest BCUT2D eigenvalue weighted by molar-refractivity contribution is 1.20. The number of aromatic amines is 2. The standard InChI is InChI=1S/C20H14ClN3O2/c1-11-9-13(10-15(21)23-11)16-18(12-5-3-2-4-6-12)24-20-17(19(16)26)14(25)7-8-22-20/h2-10H,1H3,(H2,22,24,25,26). The van der Waals surface area contributed by atoms with Gasteiger partial charge in [0.1, 0.15) is 16.2 Å². The highest BCUT2D eigenvalue weighted by Crippen LogP contribution is 2.30. The maximum Gasteiger partial charge on any atom is 0.203 e. The summed E-state index contributed by atoms with van der Waals surface area (Å²) in [4.78, 5) is 35.9. The van der Waals surface area contributed by atoms with Gasteiger partial charge in [0.2, 0.25) is 5.43 Å². The lowest BCUT2D eigenvalue weighted by Crippen LogP contribution is -2.17. The zero-order valence-electron chi connectivity index (χ0n) is 13.8. The average molecular weight is 364 g/mol. The lowest BCUT2D eigenvalue weighted by atomic mass is 9.97. The van der Waals surface area contributed by atoms with Gasteiger partial charge in [-0.25, -0.2) is 4.98 Å². The van der Waals surface area contributed by atoms with Gasteiger partial charge in [-0.2, -0.15) is 0 Å². The first kappa shape index (κ1) is 16.3. The van der Waals surface area contributed by atoms with Gasteiger partial charge in [0.25, 0.3) is 0 Å². The molecule has 4 aromatic rings. The number of pyridine rings is 3. The largest absolute Gasteiger partial charge is 0.347 e. The molecule has 0 fully saturated rings. The second-order valence-corrected chi connectivity index (χ2v) is 6.37. The van der Waals surface area contributed by atoms with Gasteiger partial charge < -0.3 is 9.97 Å². The molecule has 1 aromatic carbocycles. The van der Waals surface area contributed by atoms with Crippen molar-refractivity contribution in [1.29, 1.82) is 0 Å². The summed E-state index contributed by atoms with van der Waals surface area (Å²) in [6, 6.07) is 14.2. The third kappa shape index (κ3) is 2.72. The summed E-state index contributed by atoms with van der Waals surface area (Å²) >= 11 is 6.11. The van der Waals surface area contributed by atoms with Crippen molar-refractivity contribution < 1.29 is 0 Å². The number of hydrogen-bond acceptors (Lipinski definition) is 3. The molecule has 3 aromatic heterocycles. The number of aryl methyl sites for hydroxylation is 1. The van der Waals surface area contributed by atoms with Gasteiger partial charge >= 0.3 is 0 Å². The SMILES string of the molecule is Cc1cc(-c2c(-c3ccccc3)[nH]c3[nH]ccc(=O)c3c2=O)cc(Cl)n1. The summed E-state index contributed by atoms with van der Waals surface area (Å²) in [5.41, 5.74) is 2.86. The van der Waals surface area contributed by atoms with Crippen molar-refractivity contribution in [1.82, 2.24) is 15.0 Å². The summed E-state index contributed by atoms with van der Waals surface area (Å²) in [5.74, 6) is 0. The summed E-state index contributed by atoms with van der Waals surface area (Å²) < 4.78 is 0. The number of fused-ring (bicyclic) bond motifs is 1. The molecule has 0 radical (unpaired) electrons. The van der Waals surface area contributed by atoms with Crippen LogP contribution in [0, 0.1) is 6.92 Å². The van der Waals surface area contributed by atoms with E-state index in [4.69, 9.17) is 11.6 Å². The Kier molecular flexibility index (Phi) is 3.93. The molecule has 6 heteroatoms. The number of hydrogen-bond donors (Lipinski definition) is 2. The molecule has 0 unspecified atom stereocenters. The molecule has 0 bridgehead atoms. The van der Waals surface area contributed by atoms with E-state index < -0.39 is 0 Å². The zero-order chi connectivity index (χ0) is 18.3. The van der Waals surface area contributed by atoms with Crippen LogP contribution in [0.15, 0.2) is 64.3 Å².